The van der Waals surface area contributed by atoms with Crippen LogP contribution in [0.2, 0.25) is 0 Å². The van der Waals surface area contributed by atoms with Gasteiger partial charge in [0.05, 0.1) is 5.56 Å². The zero-order chi connectivity index (χ0) is 12.0. The second kappa shape index (κ2) is 5.95. The van der Waals surface area contributed by atoms with Gasteiger partial charge in [0.25, 0.3) is 0 Å². The average molecular weight is 220 g/mol. The number of benzene rings is 1. The zero-order valence-electron chi connectivity index (χ0n) is 9.56. The first-order valence-corrected chi connectivity index (χ1v) is 5.27. The molecular weight excluding hydrogens is 204 g/mol. The van der Waals surface area contributed by atoms with Crippen molar-refractivity contribution in [2.75, 3.05) is 6.61 Å². The van der Waals surface area contributed by atoms with Gasteiger partial charge < -0.3 is 9.84 Å². The van der Waals surface area contributed by atoms with E-state index in [1.54, 1.807) is 25.1 Å². The third-order valence-corrected chi connectivity index (χ3v) is 2.19. The number of ether oxygens (including phenoxy) is 1. The van der Waals surface area contributed by atoms with Gasteiger partial charge in [-0.1, -0.05) is 25.1 Å². The second-order valence-electron chi connectivity index (χ2n) is 3.47. The molecule has 1 rings (SSSR count). The minimum absolute atomic E-state index is 0.289. The summed E-state index contributed by atoms with van der Waals surface area (Å²) in [5.41, 5.74) is 1.03. The SMILES string of the molecule is CCC=CCOc1ccc(C)c(C(=O)O)c1. The van der Waals surface area contributed by atoms with E-state index in [-0.39, 0.29) is 5.56 Å². The molecule has 0 aliphatic heterocycles. The number of carboxylic acids is 1. The van der Waals surface area contributed by atoms with Gasteiger partial charge in [0.15, 0.2) is 0 Å². The molecule has 3 heteroatoms. The molecule has 0 radical (unpaired) electrons. The molecule has 0 aromatic heterocycles. The molecule has 86 valence electrons. The standard InChI is InChI=1S/C13H16O3/c1-3-4-5-8-16-11-7-6-10(2)12(9-11)13(14)15/h4-7,9H,3,8H2,1-2H3,(H,14,15). The molecule has 0 spiro atoms. The predicted molar refractivity (Wildman–Crippen MR) is 63.1 cm³/mol. The van der Waals surface area contributed by atoms with E-state index in [2.05, 4.69) is 0 Å². The summed E-state index contributed by atoms with van der Waals surface area (Å²) in [5, 5.41) is 8.93. The Hall–Kier alpha value is -1.77. The maximum absolute atomic E-state index is 10.9. The Morgan fingerprint density at radius 1 is 1.44 bits per heavy atom. The van der Waals surface area contributed by atoms with Gasteiger partial charge in [0.2, 0.25) is 0 Å². The number of allylic oxidation sites excluding steroid dienone is 1. The summed E-state index contributed by atoms with van der Waals surface area (Å²) in [5.74, 6) is -0.337. The number of rotatable bonds is 5. The van der Waals surface area contributed by atoms with Crippen molar-refractivity contribution in [3.63, 3.8) is 0 Å². The maximum Gasteiger partial charge on any atom is 0.336 e. The first kappa shape index (κ1) is 12.3. The molecule has 3 nitrogen and oxygen atoms in total. The fourth-order valence-electron chi connectivity index (χ4n) is 1.30. The molecule has 0 saturated heterocycles. The Bertz CT molecular complexity index is 394. The highest BCUT2D eigenvalue weighted by atomic mass is 16.5. The topological polar surface area (TPSA) is 46.5 Å². The molecular formula is C13H16O3. The van der Waals surface area contributed by atoms with E-state index in [4.69, 9.17) is 9.84 Å². The Morgan fingerprint density at radius 3 is 2.81 bits per heavy atom. The van der Waals surface area contributed by atoms with E-state index in [1.807, 2.05) is 19.1 Å². The highest BCUT2D eigenvalue weighted by molar-refractivity contribution is 5.89. The van der Waals surface area contributed by atoms with Gasteiger partial charge in [-0.15, -0.1) is 0 Å². The molecule has 1 aromatic carbocycles. The van der Waals surface area contributed by atoms with Crippen LogP contribution in [-0.2, 0) is 0 Å². The molecule has 1 N–H and O–H groups in total. The summed E-state index contributed by atoms with van der Waals surface area (Å²) in [6.07, 6.45) is 4.89. The van der Waals surface area contributed by atoms with Gasteiger partial charge in [-0.25, -0.2) is 4.79 Å². The lowest BCUT2D eigenvalue weighted by atomic mass is 10.1. The monoisotopic (exact) mass is 220 g/mol. The van der Waals surface area contributed by atoms with Crippen LogP contribution in [0.15, 0.2) is 30.4 Å². The quantitative estimate of drug-likeness (QED) is 0.776. The minimum Gasteiger partial charge on any atom is -0.490 e. The van der Waals surface area contributed by atoms with Crippen molar-refractivity contribution >= 4 is 5.97 Å². The second-order valence-corrected chi connectivity index (χ2v) is 3.47. The average Bonchev–Trinajstić information content (AvgIpc) is 2.26. The van der Waals surface area contributed by atoms with E-state index < -0.39 is 5.97 Å². The van der Waals surface area contributed by atoms with Gasteiger partial charge >= 0.3 is 5.97 Å². The smallest absolute Gasteiger partial charge is 0.336 e. The number of carboxylic acid groups (broad SMARTS) is 1. The highest BCUT2D eigenvalue weighted by Crippen LogP contribution is 2.17. The Balaban J connectivity index is 2.71. The van der Waals surface area contributed by atoms with Gasteiger partial charge in [-0.05, 0) is 31.0 Å². The van der Waals surface area contributed by atoms with Crippen molar-refractivity contribution < 1.29 is 14.6 Å². The van der Waals surface area contributed by atoms with Crippen molar-refractivity contribution in [2.24, 2.45) is 0 Å². The third kappa shape index (κ3) is 3.42. The molecule has 0 amide bonds. The van der Waals surface area contributed by atoms with Crippen molar-refractivity contribution in [1.29, 1.82) is 0 Å². The van der Waals surface area contributed by atoms with Crippen LogP contribution in [0, 0.1) is 6.92 Å². The summed E-state index contributed by atoms with van der Waals surface area (Å²) in [7, 11) is 0. The minimum atomic E-state index is -0.924. The first-order chi connectivity index (χ1) is 7.65. The molecule has 16 heavy (non-hydrogen) atoms. The predicted octanol–water partition coefficient (Wildman–Crippen LogP) is 3.04. The van der Waals surface area contributed by atoms with Crippen LogP contribution in [0.4, 0.5) is 0 Å². The van der Waals surface area contributed by atoms with Crippen molar-refractivity contribution in [3.05, 3.63) is 41.5 Å². The molecule has 0 saturated carbocycles. The van der Waals surface area contributed by atoms with Crippen LogP contribution in [0.1, 0.15) is 29.3 Å². The van der Waals surface area contributed by atoms with Crippen LogP contribution < -0.4 is 4.74 Å². The van der Waals surface area contributed by atoms with Gasteiger partial charge in [0, 0.05) is 0 Å². The molecule has 0 unspecified atom stereocenters. The lowest BCUT2D eigenvalue weighted by Crippen LogP contribution is -2.01. The number of hydrogen-bond acceptors (Lipinski definition) is 2. The van der Waals surface area contributed by atoms with Crippen molar-refractivity contribution in [1.82, 2.24) is 0 Å². The van der Waals surface area contributed by atoms with Gasteiger partial charge in [-0.3, -0.25) is 0 Å². The Labute approximate surface area is 95.4 Å². The van der Waals surface area contributed by atoms with Crippen molar-refractivity contribution in [3.8, 4) is 5.75 Å². The van der Waals surface area contributed by atoms with Crippen LogP contribution in [0.25, 0.3) is 0 Å². The van der Waals surface area contributed by atoms with E-state index in [1.165, 1.54) is 0 Å². The fourth-order valence-corrected chi connectivity index (χ4v) is 1.30. The van der Waals surface area contributed by atoms with Crippen molar-refractivity contribution in [2.45, 2.75) is 20.3 Å². The molecule has 0 aliphatic rings. The van der Waals surface area contributed by atoms with Crippen LogP contribution >= 0.6 is 0 Å². The molecule has 0 bridgehead atoms. The van der Waals surface area contributed by atoms with Crippen LogP contribution in [0.3, 0.4) is 0 Å². The molecule has 1 aromatic rings. The Kier molecular flexibility index (Phi) is 4.58. The summed E-state index contributed by atoms with van der Waals surface area (Å²) in [6, 6.07) is 5.08. The van der Waals surface area contributed by atoms with E-state index in [9.17, 15) is 4.79 Å². The summed E-state index contributed by atoms with van der Waals surface area (Å²) in [4.78, 5) is 10.9. The van der Waals surface area contributed by atoms with E-state index >= 15 is 0 Å². The maximum atomic E-state index is 10.9. The zero-order valence-corrected chi connectivity index (χ0v) is 9.56. The number of aromatic carboxylic acids is 1. The summed E-state index contributed by atoms with van der Waals surface area (Å²) < 4.78 is 5.40. The Morgan fingerprint density at radius 2 is 2.19 bits per heavy atom. The van der Waals surface area contributed by atoms with Crippen LogP contribution in [0.5, 0.6) is 5.75 Å². The summed E-state index contributed by atoms with van der Waals surface area (Å²) >= 11 is 0. The van der Waals surface area contributed by atoms with Gasteiger partial charge in [-0.2, -0.15) is 0 Å². The van der Waals surface area contributed by atoms with Crippen LogP contribution in [-0.4, -0.2) is 17.7 Å². The lowest BCUT2D eigenvalue weighted by molar-refractivity contribution is 0.0695. The van der Waals surface area contributed by atoms with E-state index in [0.29, 0.717) is 12.4 Å². The first-order valence-electron chi connectivity index (χ1n) is 5.27. The summed E-state index contributed by atoms with van der Waals surface area (Å²) in [6.45, 7) is 4.28. The van der Waals surface area contributed by atoms with Gasteiger partial charge in [0.1, 0.15) is 12.4 Å². The number of aryl methyl sites for hydroxylation is 1. The fraction of sp³-hybridized carbons (Fsp3) is 0.308. The largest absolute Gasteiger partial charge is 0.490 e. The van der Waals surface area contributed by atoms with E-state index in [0.717, 1.165) is 12.0 Å². The normalized spacial score (nSPS) is 10.6. The molecule has 0 atom stereocenters. The molecule has 0 heterocycles. The number of carbonyl (C=O) groups is 1. The highest BCUT2D eigenvalue weighted by Gasteiger charge is 2.07. The molecule has 0 fully saturated rings. The third-order valence-electron chi connectivity index (χ3n) is 2.19. The number of hydrogen-bond donors (Lipinski definition) is 1. The lowest BCUT2D eigenvalue weighted by Gasteiger charge is -2.06. The molecule has 0 aliphatic carbocycles.